The van der Waals surface area contributed by atoms with Gasteiger partial charge in [0, 0.05) is 13.3 Å². The highest BCUT2D eigenvalue weighted by molar-refractivity contribution is 8.09. The molecule has 7 nitrogen and oxygen atoms in total. The van der Waals surface area contributed by atoms with Crippen molar-refractivity contribution in [1.82, 2.24) is 0 Å². The molecule has 0 bridgehead atoms. The minimum Gasteiger partial charge on any atom is -0.262 e. The largest absolute Gasteiger partial charge is 0.498 e. The van der Waals surface area contributed by atoms with Crippen LogP contribution in [0.5, 0.6) is 0 Å². The zero-order chi connectivity index (χ0) is 26.6. The summed E-state index contributed by atoms with van der Waals surface area (Å²) < 4.78 is 220. The van der Waals surface area contributed by atoms with Gasteiger partial charge in [-0.3, -0.25) is 4.18 Å². The fourth-order valence-corrected chi connectivity index (χ4v) is 6.48. The molecule has 0 aliphatic heterocycles. The van der Waals surface area contributed by atoms with Gasteiger partial charge in [-0.25, -0.2) is 16.8 Å². The molecule has 0 rings (SSSR count). The van der Waals surface area contributed by atoms with Gasteiger partial charge in [0.1, 0.15) is 0 Å². The Morgan fingerprint density at radius 3 is 1.25 bits per heavy atom. The molecule has 0 aromatic carbocycles. The fourth-order valence-electron chi connectivity index (χ4n) is 1.72. The molecule has 0 fully saturated rings. The van der Waals surface area contributed by atoms with Gasteiger partial charge in [0.25, 0.3) is 19.7 Å². The maximum absolute atomic E-state index is 13.5. The zero-order valence-electron chi connectivity index (χ0n) is 15.0. The smallest absolute Gasteiger partial charge is 0.262 e. The number of sulfone groups is 2. The van der Waals surface area contributed by atoms with Crippen molar-refractivity contribution in [2.45, 2.75) is 59.1 Å². The van der Waals surface area contributed by atoms with Crippen LogP contribution < -0.4 is 0 Å². The standard InChI is InChI=1S/C10H10F12O7S3/c1-4(29-32(27,28)8(15,16)7(13,14)6(2,11)12)3-5(30(23,24)9(17,18)19)31(25,26)10(20,21)22/h4-5H,3H2,1-2H3. The van der Waals surface area contributed by atoms with Gasteiger partial charge in [-0.1, -0.05) is 0 Å². The normalized spacial score (nSPS) is 17.0. The quantitative estimate of drug-likeness (QED) is 0.311. The van der Waals surface area contributed by atoms with Gasteiger partial charge in [-0.05, 0) is 6.92 Å². The predicted octanol–water partition coefficient (Wildman–Crippen LogP) is 3.19. The van der Waals surface area contributed by atoms with Crippen LogP contribution >= 0.6 is 0 Å². The molecule has 0 aliphatic rings. The Hall–Kier alpha value is -1.03. The van der Waals surface area contributed by atoms with Crippen molar-refractivity contribution in [1.29, 1.82) is 0 Å². The van der Waals surface area contributed by atoms with Gasteiger partial charge in [-0.2, -0.15) is 61.1 Å². The lowest BCUT2D eigenvalue weighted by molar-refractivity contribution is -0.273. The number of hydrogen-bond acceptors (Lipinski definition) is 7. The highest BCUT2D eigenvalue weighted by Crippen LogP contribution is 2.49. The van der Waals surface area contributed by atoms with E-state index in [0.717, 1.165) is 0 Å². The minimum absolute atomic E-state index is 0.0966. The monoisotopic (exact) mass is 566 g/mol. The molecule has 0 aromatic rings. The molecular weight excluding hydrogens is 556 g/mol. The fraction of sp³-hybridized carbons (Fsp3) is 1.00. The van der Waals surface area contributed by atoms with E-state index in [1.165, 1.54) is 0 Å². The zero-order valence-corrected chi connectivity index (χ0v) is 17.4. The molecule has 0 aliphatic carbocycles. The third kappa shape index (κ3) is 5.37. The predicted molar refractivity (Wildman–Crippen MR) is 78.3 cm³/mol. The maximum Gasteiger partial charge on any atom is 0.498 e. The third-order valence-corrected chi connectivity index (χ3v) is 9.43. The van der Waals surface area contributed by atoms with Crippen molar-refractivity contribution in [2.75, 3.05) is 0 Å². The van der Waals surface area contributed by atoms with E-state index in [4.69, 9.17) is 0 Å². The van der Waals surface area contributed by atoms with Crippen molar-refractivity contribution in [2.24, 2.45) is 0 Å². The lowest BCUT2D eigenvalue weighted by atomic mass is 10.2. The van der Waals surface area contributed by atoms with Gasteiger partial charge in [0.05, 0.1) is 6.10 Å². The van der Waals surface area contributed by atoms with Crippen LogP contribution in [0.25, 0.3) is 0 Å². The highest BCUT2D eigenvalue weighted by Gasteiger charge is 2.76. The SMILES string of the molecule is CC(CC(S(=O)(=O)C(F)(F)F)S(=O)(=O)C(F)(F)F)OS(=O)(=O)C(F)(F)C(F)(F)C(C)(F)F. The van der Waals surface area contributed by atoms with Crippen LogP contribution in [-0.4, -0.2) is 64.1 Å². The van der Waals surface area contributed by atoms with E-state index in [-0.39, 0.29) is 6.92 Å². The van der Waals surface area contributed by atoms with Crippen molar-refractivity contribution < 1.29 is 82.1 Å². The van der Waals surface area contributed by atoms with Crippen LogP contribution in [0.2, 0.25) is 0 Å². The molecule has 0 heterocycles. The summed E-state index contributed by atoms with van der Waals surface area (Å²) >= 11 is 0. The molecule has 194 valence electrons. The van der Waals surface area contributed by atoms with Gasteiger partial charge >= 0.3 is 38.2 Å². The second-order valence-corrected chi connectivity index (χ2v) is 12.1. The van der Waals surface area contributed by atoms with Crippen LogP contribution in [-0.2, 0) is 34.0 Å². The summed E-state index contributed by atoms with van der Waals surface area (Å²) in [5.41, 5.74) is -13.4. The first-order valence-corrected chi connectivity index (χ1v) is 11.6. The number of halogens is 12. The number of hydrogen-bond donors (Lipinski definition) is 0. The Balaban J connectivity index is 6.38. The van der Waals surface area contributed by atoms with Crippen LogP contribution in [0, 0.1) is 0 Å². The Labute approximate surface area is 171 Å². The summed E-state index contributed by atoms with van der Waals surface area (Å²) in [5, 5.41) is -6.85. The summed E-state index contributed by atoms with van der Waals surface area (Å²) in [7, 11) is -22.0. The lowest BCUT2D eigenvalue weighted by Gasteiger charge is -2.30. The molecule has 0 N–H and O–H groups in total. The van der Waals surface area contributed by atoms with Crippen molar-refractivity contribution >= 4 is 29.8 Å². The molecule has 0 spiro atoms. The second kappa shape index (κ2) is 8.32. The van der Waals surface area contributed by atoms with E-state index in [9.17, 15) is 77.9 Å². The van der Waals surface area contributed by atoms with Gasteiger partial charge < -0.3 is 0 Å². The highest BCUT2D eigenvalue weighted by atomic mass is 32.3. The molecule has 0 radical (unpaired) electrons. The summed E-state index contributed by atoms with van der Waals surface area (Å²) in [6.07, 6.45) is -5.90. The summed E-state index contributed by atoms with van der Waals surface area (Å²) in [6, 6.07) is 0. The Morgan fingerprint density at radius 2 is 1.00 bits per heavy atom. The van der Waals surface area contributed by atoms with Gasteiger partial charge in [0.2, 0.25) is 0 Å². The third-order valence-electron chi connectivity index (χ3n) is 3.38. The number of rotatable bonds is 9. The molecule has 1 atom stereocenters. The maximum atomic E-state index is 13.5. The first kappa shape index (κ1) is 31.0. The molecule has 0 amide bonds. The summed E-state index contributed by atoms with van der Waals surface area (Å²) in [4.78, 5) is 0. The molecule has 32 heavy (non-hydrogen) atoms. The van der Waals surface area contributed by atoms with E-state index >= 15 is 0 Å². The molecular formula is C10H10F12O7S3. The van der Waals surface area contributed by atoms with E-state index in [1.807, 2.05) is 0 Å². The van der Waals surface area contributed by atoms with E-state index in [2.05, 4.69) is 4.18 Å². The Bertz CT molecular complexity index is 959. The first-order valence-electron chi connectivity index (χ1n) is 7.15. The minimum atomic E-state index is -7.36. The van der Waals surface area contributed by atoms with Crippen LogP contribution in [0.4, 0.5) is 52.7 Å². The molecule has 1 unspecified atom stereocenters. The Kier molecular flexibility index (Phi) is 8.06. The average molecular weight is 566 g/mol. The van der Waals surface area contributed by atoms with E-state index < -0.39 is 81.9 Å². The van der Waals surface area contributed by atoms with Gasteiger partial charge in [-0.15, -0.1) is 0 Å². The topological polar surface area (TPSA) is 112 Å². The molecule has 0 saturated carbocycles. The van der Waals surface area contributed by atoms with Crippen molar-refractivity contribution in [3.8, 4) is 0 Å². The molecule has 22 heteroatoms. The van der Waals surface area contributed by atoms with Crippen molar-refractivity contribution in [3.63, 3.8) is 0 Å². The first-order chi connectivity index (χ1) is 13.5. The van der Waals surface area contributed by atoms with Crippen LogP contribution in [0.1, 0.15) is 20.3 Å². The Morgan fingerprint density at radius 1 is 0.688 bits per heavy atom. The van der Waals surface area contributed by atoms with Crippen LogP contribution in [0.3, 0.4) is 0 Å². The molecule has 0 saturated heterocycles. The van der Waals surface area contributed by atoms with E-state index in [0.29, 0.717) is 0 Å². The summed E-state index contributed by atoms with van der Waals surface area (Å²) in [6.45, 7) is -0.970. The lowest BCUT2D eigenvalue weighted by Crippen LogP contribution is -2.57. The number of alkyl halides is 12. The van der Waals surface area contributed by atoms with Gasteiger partial charge in [0.15, 0.2) is 4.58 Å². The second-order valence-electron chi connectivity index (χ2n) is 5.99. The van der Waals surface area contributed by atoms with Crippen molar-refractivity contribution in [3.05, 3.63) is 0 Å². The molecule has 0 aromatic heterocycles. The summed E-state index contributed by atoms with van der Waals surface area (Å²) in [5.74, 6) is -12.5. The van der Waals surface area contributed by atoms with Crippen LogP contribution in [0.15, 0.2) is 0 Å². The van der Waals surface area contributed by atoms with E-state index in [1.54, 1.807) is 0 Å². The average Bonchev–Trinajstić information content (AvgIpc) is 2.47.